The summed E-state index contributed by atoms with van der Waals surface area (Å²) in [5.74, 6) is 0.0906. The lowest BCUT2D eigenvalue weighted by atomic mass is 9.88. The number of nitrogens with one attached hydrogen (secondary N) is 2. The average Bonchev–Trinajstić information content (AvgIpc) is 2.11. The predicted octanol–water partition coefficient (Wildman–Crippen LogP) is 1.93. The Morgan fingerprint density at radius 1 is 1.33 bits per heavy atom. The van der Waals surface area contributed by atoms with Crippen molar-refractivity contribution >= 4 is 5.91 Å². The smallest absolute Gasteiger partial charge is 0.233 e. The molecule has 90 valence electrons. The van der Waals surface area contributed by atoms with Gasteiger partial charge in [0.15, 0.2) is 0 Å². The van der Waals surface area contributed by atoms with Crippen LogP contribution in [0.15, 0.2) is 0 Å². The van der Waals surface area contributed by atoms with Crippen molar-refractivity contribution in [1.82, 2.24) is 10.6 Å². The van der Waals surface area contributed by atoms with Gasteiger partial charge < -0.3 is 10.6 Å². The van der Waals surface area contributed by atoms with Crippen LogP contribution in [-0.2, 0) is 4.79 Å². The molecular formula is C12H26N2O. The van der Waals surface area contributed by atoms with Crippen molar-refractivity contribution in [2.75, 3.05) is 13.1 Å². The van der Waals surface area contributed by atoms with E-state index in [2.05, 4.69) is 31.4 Å². The molecule has 3 heteroatoms. The van der Waals surface area contributed by atoms with Gasteiger partial charge in [0.2, 0.25) is 5.91 Å². The minimum absolute atomic E-state index is 0.0906. The fourth-order valence-electron chi connectivity index (χ4n) is 1.46. The first-order valence-electron chi connectivity index (χ1n) is 5.87. The molecule has 0 heterocycles. The standard InChI is InChI=1S/C12H26N2O/c1-6-7-12(4,5)9-14-11(15)8-13-10(2)3/h10,13H,6-9H2,1-5H3,(H,14,15). The van der Waals surface area contributed by atoms with Gasteiger partial charge in [-0.2, -0.15) is 0 Å². The summed E-state index contributed by atoms with van der Waals surface area (Å²) < 4.78 is 0. The number of hydrogen-bond donors (Lipinski definition) is 2. The Balaban J connectivity index is 3.70. The lowest BCUT2D eigenvalue weighted by molar-refractivity contribution is -0.120. The van der Waals surface area contributed by atoms with Crippen molar-refractivity contribution in [3.05, 3.63) is 0 Å². The van der Waals surface area contributed by atoms with E-state index in [0.29, 0.717) is 12.6 Å². The van der Waals surface area contributed by atoms with E-state index in [1.165, 1.54) is 0 Å². The molecule has 0 aliphatic carbocycles. The molecule has 0 fully saturated rings. The van der Waals surface area contributed by atoms with Gasteiger partial charge in [-0.05, 0) is 11.8 Å². The van der Waals surface area contributed by atoms with Gasteiger partial charge in [0.25, 0.3) is 0 Å². The van der Waals surface area contributed by atoms with E-state index in [4.69, 9.17) is 0 Å². The molecule has 1 amide bonds. The molecule has 0 aliphatic heterocycles. The van der Waals surface area contributed by atoms with E-state index in [0.717, 1.165) is 19.4 Å². The molecule has 0 rings (SSSR count). The lowest BCUT2D eigenvalue weighted by Crippen LogP contribution is -2.40. The van der Waals surface area contributed by atoms with Gasteiger partial charge in [0.05, 0.1) is 6.54 Å². The second-order valence-corrected chi connectivity index (χ2v) is 5.23. The quantitative estimate of drug-likeness (QED) is 0.680. The molecular weight excluding hydrogens is 188 g/mol. The number of hydrogen-bond acceptors (Lipinski definition) is 2. The largest absolute Gasteiger partial charge is 0.354 e. The maximum Gasteiger partial charge on any atom is 0.233 e. The van der Waals surface area contributed by atoms with Crippen LogP contribution >= 0.6 is 0 Å². The molecule has 0 radical (unpaired) electrons. The number of carbonyl (C=O) groups excluding carboxylic acids is 1. The van der Waals surface area contributed by atoms with Gasteiger partial charge in [-0.15, -0.1) is 0 Å². The zero-order valence-electron chi connectivity index (χ0n) is 10.8. The molecule has 0 unspecified atom stereocenters. The van der Waals surface area contributed by atoms with Crippen molar-refractivity contribution < 1.29 is 4.79 Å². The Labute approximate surface area is 94.0 Å². The van der Waals surface area contributed by atoms with Crippen LogP contribution in [0.5, 0.6) is 0 Å². The number of rotatable bonds is 7. The van der Waals surface area contributed by atoms with E-state index in [9.17, 15) is 4.79 Å². The molecule has 0 bridgehead atoms. The summed E-state index contributed by atoms with van der Waals surface area (Å²) in [4.78, 5) is 11.4. The van der Waals surface area contributed by atoms with E-state index < -0.39 is 0 Å². The summed E-state index contributed by atoms with van der Waals surface area (Å²) in [5, 5.41) is 6.06. The highest BCUT2D eigenvalue weighted by molar-refractivity contribution is 5.78. The Bertz CT molecular complexity index is 188. The van der Waals surface area contributed by atoms with E-state index in [1.807, 2.05) is 13.8 Å². The third-order valence-electron chi connectivity index (χ3n) is 2.36. The molecule has 15 heavy (non-hydrogen) atoms. The maximum atomic E-state index is 11.4. The van der Waals surface area contributed by atoms with E-state index in [-0.39, 0.29) is 11.3 Å². The van der Waals surface area contributed by atoms with Gasteiger partial charge >= 0.3 is 0 Å². The third kappa shape index (κ3) is 8.43. The molecule has 0 spiro atoms. The van der Waals surface area contributed by atoms with Crippen molar-refractivity contribution in [3.8, 4) is 0 Å². The number of amides is 1. The first-order chi connectivity index (χ1) is 6.87. The SMILES string of the molecule is CCCC(C)(C)CNC(=O)CNC(C)C. The van der Waals surface area contributed by atoms with Crippen LogP contribution in [0.1, 0.15) is 47.5 Å². The van der Waals surface area contributed by atoms with Crippen LogP contribution in [0, 0.1) is 5.41 Å². The normalized spacial score (nSPS) is 11.9. The van der Waals surface area contributed by atoms with Gasteiger partial charge in [-0.3, -0.25) is 4.79 Å². The third-order valence-corrected chi connectivity index (χ3v) is 2.36. The second-order valence-electron chi connectivity index (χ2n) is 5.23. The van der Waals surface area contributed by atoms with Crippen LogP contribution in [0.25, 0.3) is 0 Å². The first kappa shape index (κ1) is 14.4. The molecule has 3 nitrogen and oxygen atoms in total. The van der Waals surface area contributed by atoms with Gasteiger partial charge in [-0.25, -0.2) is 0 Å². The van der Waals surface area contributed by atoms with Crippen molar-refractivity contribution in [2.24, 2.45) is 5.41 Å². The molecule has 2 N–H and O–H groups in total. The van der Waals surface area contributed by atoms with E-state index in [1.54, 1.807) is 0 Å². The summed E-state index contributed by atoms with van der Waals surface area (Å²) in [6, 6.07) is 0.361. The van der Waals surface area contributed by atoms with Crippen molar-refractivity contribution in [2.45, 2.75) is 53.5 Å². The topological polar surface area (TPSA) is 41.1 Å². The van der Waals surface area contributed by atoms with Crippen molar-refractivity contribution in [1.29, 1.82) is 0 Å². The highest BCUT2D eigenvalue weighted by Gasteiger charge is 2.17. The Morgan fingerprint density at radius 2 is 1.93 bits per heavy atom. The summed E-state index contributed by atoms with van der Waals surface area (Å²) >= 11 is 0. The number of carbonyl (C=O) groups is 1. The molecule has 0 saturated carbocycles. The molecule has 0 saturated heterocycles. The van der Waals surface area contributed by atoms with Crippen LogP contribution in [0.3, 0.4) is 0 Å². The Morgan fingerprint density at radius 3 is 2.40 bits per heavy atom. The second kappa shape index (κ2) is 6.83. The summed E-state index contributed by atoms with van der Waals surface area (Å²) in [5.41, 5.74) is 0.211. The maximum absolute atomic E-state index is 11.4. The predicted molar refractivity (Wildman–Crippen MR) is 64.8 cm³/mol. The first-order valence-corrected chi connectivity index (χ1v) is 5.87. The van der Waals surface area contributed by atoms with Gasteiger partial charge in [-0.1, -0.05) is 41.0 Å². The molecule has 0 aromatic heterocycles. The molecule has 0 aromatic carbocycles. The highest BCUT2D eigenvalue weighted by Crippen LogP contribution is 2.20. The highest BCUT2D eigenvalue weighted by atomic mass is 16.1. The molecule has 0 atom stereocenters. The van der Waals surface area contributed by atoms with Crippen molar-refractivity contribution in [3.63, 3.8) is 0 Å². The molecule has 0 aromatic rings. The monoisotopic (exact) mass is 214 g/mol. The Kier molecular flexibility index (Phi) is 6.57. The fourth-order valence-corrected chi connectivity index (χ4v) is 1.46. The lowest BCUT2D eigenvalue weighted by Gasteiger charge is -2.24. The average molecular weight is 214 g/mol. The molecule has 0 aliphatic rings. The minimum atomic E-state index is 0.0906. The van der Waals surface area contributed by atoms with Crippen LogP contribution in [0.4, 0.5) is 0 Å². The van der Waals surface area contributed by atoms with E-state index >= 15 is 0 Å². The minimum Gasteiger partial charge on any atom is -0.354 e. The van der Waals surface area contributed by atoms with Gasteiger partial charge in [0.1, 0.15) is 0 Å². The fraction of sp³-hybridized carbons (Fsp3) is 0.917. The zero-order valence-corrected chi connectivity index (χ0v) is 10.8. The van der Waals surface area contributed by atoms with Crippen LogP contribution in [0.2, 0.25) is 0 Å². The van der Waals surface area contributed by atoms with Crippen LogP contribution < -0.4 is 10.6 Å². The summed E-state index contributed by atoms with van der Waals surface area (Å²) in [6.45, 7) is 11.8. The summed E-state index contributed by atoms with van der Waals surface area (Å²) in [7, 11) is 0. The Hall–Kier alpha value is -0.570. The van der Waals surface area contributed by atoms with Gasteiger partial charge in [0, 0.05) is 12.6 Å². The summed E-state index contributed by atoms with van der Waals surface area (Å²) in [6.07, 6.45) is 2.30. The van der Waals surface area contributed by atoms with Crippen LogP contribution in [-0.4, -0.2) is 25.0 Å². The zero-order chi connectivity index (χ0) is 11.9.